The predicted molar refractivity (Wildman–Crippen MR) is 87.3 cm³/mol. The SMILES string of the molecule is CN(C)C(=O)Nc1cccc(Oc2ccc([N+](=O)[O-])cc2Cl)c1. The molecule has 2 aromatic rings. The first kappa shape index (κ1) is 16.6. The van der Waals surface area contributed by atoms with Gasteiger partial charge in [-0.05, 0) is 18.2 Å². The van der Waals surface area contributed by atoms with Gasteiger partial charge in [0.25, 0.3) is 5.69 Å². The number of nitrogens with zero attached hydrogens (tertiary/aromatic N) is 2. The molecule has 0 aliphatic carbocycles. The smallest absolute Gasteiger partial charge is 0.321 e. The van der Waals surface area contributed by atoms with Crippen LogP contribution in [0.2, 0.25) is 5.02 Å². The number of carbonyl (C=O) groups excluding carboxylic acids is 1. The van der Waals surface area contributed by atoms with E-state index in [0.29, 0.717) is 11.4 Å². The van der Waals surface area contributed by atoms with Crippen molar-refractivity contribution in [3.05, 3.63) is 57.6 Å². The highest BCUT2D eigenvalue weighted by atomic mass is 35.5. The van der Waals surface area contributed by atoms with Gasteiger partial charge in [0.15, 0.2) is 0 Å². The quantitative estimate of drug-likeness (QED) is 0.672. The second-order valence-electron chi connectivity index (χ2n) is 4.83. The number of rotatable bonds is 4. The standard InChI is InChI=1S/C15H14ClN3O4/c1-18(2)15(20)17-10-4-3-5-12(8-10)23-14-7-6-11(19(21)22)9-13(14)16/h3-9H,1-2H3,(H,17,20). The summed E-state index contributed by atoms with van der Waals surface area (Å²) in [5.74, 6) is 0.727. The van der Waals surface area contributed by atoms with Crippen LogP contribution in [0, 0.1) is 10.1 Å². The van der Waals surface area contributed by atoms with E-state index in [1.54, 1.807) is 38.4 Å². The van der Waals surface area contributed by atoms with E-state index in [4.69, 9.17) is 16.3 Å². The van der Waals surface area contributed by atoms with E-state index in [9.17, 15) is 14.9 Å². The molecule has 2 rings (SSSR count). The largest absolute Gasteiger partial charge is 0.456 e. The van der Waals surface area contributed by atoms with Crippen LogP contribution in [0.3, 0.4) is 0 Å². The number of hydrogen-bond donors (Lipinski definition) is 1. The van der Waals surface area contributed by atoms with Gasteiger partial charge in [0.05, 0.1) is 9.95 Å². The summed E-state index contributed by atoms with van der Waals surface area (Å²) in [6.45, 7) is 0. The average molecular weight is 336 g/mol. The minimum absolute atomic E-state index is 0.116. The highest BCUT2D eigenvalue weighted by Crippen LogP contribution is 2.33. The van der Waals surface area contributed by atoms with Gasteiger partial charge in [-0.1, -0.05) is 17.7 Å². The molecule has 0 saturated carbocycles. The van der Waals surface area contributed by atoms with Crippen LogP contribution in [0.15, 0.2) is 42.5 Å². The molecule has 8 heteroatoms. The summed E-state index contributed by atoms with van der Waals surface area (Å²) < 4.78 is 5.61. The Bertz CT molecular complexity index is 749. The van der Waals surface area contributed by atoms with Crippen molar-refractivity contribution in [2.24, 2.45) is 0 Å². The Hall–Kier alpha value is -2.80. The Morgan fingerprint density at radius 1 is 1.26 bits per heavy atom. The van der Waals surface area contributed by atoms with Crippen molar-refractivity contribution < 1.29 is 14.5 Å². The summed E-state index contributed by atoms with van der Waals surface area (Å²) in [4.78, 5) is 23.2. The van der Waals surface area contributed by atoms with E-state index in [1.807, 2.05) is 0 Å². The minimum Gasteiger partial charge on any atom is -0.456 e. The summed E-state index contributed by atoms with van der Waals surface area (Å²) in [5, 5.41) is 13.5. The second-order valence-corrected chi connectivity index (χ2v) is 5.23. The molecule has 0 fully saturated rings. The molecule has 0 radical (unpaired) electrons. The lowest BCUT2D eigenvalue weighted by Crippen LogP contribution is -2.27. The van der Waals surface area contributed by atoms with Crippen LogP contribution >= 0.6 is 11.6 Å². The average Bonchev–Trinajstić information content (AvgIpc) is 2.49. The molecule has 0 atom stereocenters. The van der Waals surface area contributed by atoms with Gasteiger partial charge in [0.1, 0.15) is 11.5 Å². The fourth-order valence-corrected chi connectivity index (χ4v) is 1.90. The highest BCUT2D eigenvalue weighted by Gasteiger charge is 2.11. The molecule has 0 aliphatic heterocycles. The zero-order valence-electron chi connectivity index (χ0n) is 12.4. The monoisotopic (exact) mass is 335 g/mol. The van der Waals surface area contributed by atoms with Crippen molar-refractivity contribution in [2.75, 3.05) is 19.4 Å². The number of nitro benzene ring substituents is 1. The van der Waals surface area contributed by atoms with Crippen LogP contribution in [0.1, 0.15) is 0 Å². The Morgan fingerprint density at radius 3 is 2.61 bits per heavy atom. The Labute approximate surface area is 137 Å². The lowest BCUT2D eigenvalue weighted by Gasteiger charge is -2.13. The van der Waals surface area contributed by atoms with Gasteiger partial charge in [0, 0.05) is 38.0 Å². The third kappa shape index (κ3) is 4.33. The number of benzene rings is 2. The van der Waals surface area contributed by atoms with E-state index in [2.05, 4.69) is 5.32 Å². The number of urea groups is 1. The number of amides is 2. The summed E-state index contributed by atoms with van der Waals surface area (Å²) >= 11 is 5.98. The van der Waals surface area contributed by atoms with Gasteiger partial charge in [0.2, 0.25) is 0 Å². The zero-order valence-corrected chi connectivity index (χ0v) is 13.2. The van der Waals surface area contributed by atoms with Crippen LogP contribution in [-0.2, 0) is 0 Å². The summed E-state index contributed by atoms with van der Waals surface area (Å²) in [6, 6.07) is 10.4. The first-order chi connectivity index (χ1) is 10.9. The number of ether oxygens (including phenoxy) is 1. The van der Waals surface area contributed by atoms with Crippen molar-refractivity contribution in [3.8, 4) is 11.5 Å². The maximum Gasteiger partial charge on any atom is 0.321 e. The van der Waals surface area contributed by atoms with Gasteiger partial charge >= 0.3 is 6.03 Å². The van der Waals surface area contributed by atoms with E-state index in [0.717, 1.165) is 0 Å². The lowest BCUT2D eigenvalue weighted by atomic mass is 10.3. The first-order valence-corrected chi connectivity index (χ1v) is 6.95. The second kappa shape index (κ2) is 6.97. The van der Waals surface area contributed by atoms with E-state index in [1.165, 1.54) is 23.1 Å². The van der Waals surface area contributed by atoms with Crippen LogP contribution in [0.4, 0.5) is 16.2 Å². The molecule has 0 bridgehead atoms. The normalized spacial score (nSPS) is 10.0. The molecule has 7 nitrogen and oxygen atoms in total. The van der Waals surface area contributed by atoms with Crippen molar-refractivity contribution in [1.29, 1.82) is 0 Å². The van der Waals surface area contributed by atoms with Gasteiger partial charge in [-0.3, -0.25) is 10.1 Å². The Kier molecular flexibility index (Phi) is 5.02. The van der Waals surface area contributed by atoms with Gasteiger partial charge < -0.3 is 15.0 Å². The van der Waals surface area contributed by atoms with Crippen molar-refractivity contribution in [1.82, 2.24) is 4.90 Å². The summed E-state index contributed by atoms with van der Waals surface area (Å²) in [6.07, 6.45) is 0. The fraction of sp³-hybridized carbons (Fsp3) is 0.133. The maximum absolute atomic E-state index is 11.6. The number of hydrogen-bond acceptors (Lipinski definition) is 4. The molecular weight excluding hydrogens is 322 g/mol. The van der Waals surface area contributed by atoms with Crippen LogP contribution in [0.25, 0.3) is 0 Å². The topological polar surface area (TPSA) is 84.7 Å². The first-order valence-electron chi connectivity index (χ1n) is 6.57. The van der Waals surface area contributed by atoms with E-state index in [-0.39, 0.29) is 22.5 Å². The van der Waals surface area contributed by atoms with Crippen LogP contribution in [-0.4, -0.2) is 29.9 Å². The van der Waals surface area contributed by atoms with Crippen LogP contribution in [0.5, 0.6) is 11.5 Å². The molecule has 0 heterocycles. The van der Waals surface area contributed by atoms with Gasteiger partial charge in [-0.15, -0.1) is 0 Å². The third-order valence-electron chi connectivity index (χ3n) is 2.85. The number of halogens is 1. The molecule has 0 aromatic heterocycles. The molecule has 0 aliphatic rings. The lowest BCUT2D eigenvalue weighted by molar-refractivity contribution is -0.384. The number of nitro groups is 1. The highest BCUT2D eigenvalue weighted by molar-refractivity contribution is 6.32. The molecule has 23 heavy (non-hydrogen) atoms. The van der Waals surface area contributed by atoms with E-state index < -0.39 is 4.92 Å². The fourth-order valence-electron chi connectivity index (χ4n) is 1.69. The molecule has 1 N–H and O–H groups in total. The Morgan fingerprint density at radius 2 is 2.00 bits per heavy atom. The molecule has 0 spiro atoms. The Balaban J connectivity index is 2.17. The number of anilines is 1. The molecule has 2 aromatic carbocycles. The molecular formula is C15H14ClN3O4. The number of nitrogens with one attached hydrogen (secondary N) is 1. The zero-order chi connectivity index (χ0) is 17.0. The van der Waals surface area contributed by atoms with Crippen LogP contribution < -0.4 is 10.1 Å². The molecule has 0 saturated heterocycles. The van der Waals surface area contributed by atoms with Crippen molar-refractivity contribution >= 4 is 29.0 Å². The predicted octanol–water partition coefficient (Wildman–Crippen LogP) is 4.13. The van der Waals surface area contributed by atoms with Gasteiger partial charge in [-0.25, -0.2) is 4.79 Å². The van der Waals surface area contributed by atoms with Crippen molar-refractivity contribution in [2.45, 2.75) is 0 Å². The van der Waals surface area contributed by atoms with E-state index >= 15 is 0 Å². The molecule has 0 unspecified atom stereocenters. The van der Waals surface area contributed by atoms with Crippen molar-refractivity contribution in [3.63, 3.8) is 0 Å². The maximum atomic E-state index is 11.6. The summed E-state index contributed by atoms with van der Waals surface area (Å²) in [7, 11) is 3.26. The molecule has 2 amide bonds. The third-order valence-corrected chi connectivity index (χ3v) is 3.14. The van der Waals surface area contributed by atoms with Gasteiger partial charge in [-0.2, -0.15) is 0 Å². The number of non-ortho nitro benzene ring substituents is 1. The molecule has 120 valence electrons. The minimum atomic E-state index is -0.535. The number of carbonyl (C=O) groups is 1. The summed E-state index contributed by atoms with van der Waals surface area (Å²) in [5.41, 5.74) is 0.439.